The van der Waals surface area contributed by atoms with Gasteiger partial charge in [-0.15, -0.1) is 0 Å². The lowest BCUT2D eigenvalue weighted by Crippen LogP contribution is -1.92. The number of rotatable bonds is 0. The van der Waals surface area contributed by atoms with Crippen LogP contribution in [0.15, 0.2) is 8.99 Å². The van der Waals surface area contributed by atoms with Gasteiger partial charge in [0.2, 0.25) is 0 Å². The first kappa shape index (κ1) is 6.50. The molecule has 5 heteroatoms. The van der Waals surface area contributed by atoms with Crippen molar-refractivity contribution in [1.29, 1.82) is 0 Å². The molecule has 0 bridgehead atoms. The van der Waals surface area contributed by atoms with Gasteiger partial charge in [-0.2, -0.15) is 8.42 Å². The van der Waals surface area contributed by atoms with Crippen LogP contribution in [0, 0.1) is 0 Å². The molecule has 1 aliphatic heterocycles. The Morgan fingerprint density at radius 2 is 2.38 bits per heavy atom. The van der Waals surface area contributed by atoms with Crippen molar-refractivity contribution in [2.45, 2.75) is 0 Å². The molecule has 8 heavy (non-hydrogen) atoms. The van der Waals surface area contributed by atoms with Crippen molar-refractivity contribution in [2.75, 3.05) is 6.61 Å². The summed E-state index contributed by atoms with van der Waals surface area (Å²) in [7, 11) is -3.27. The highest BCUT2D eigenvalue weighted by Gasteiger charge is 2.15. The average Bonchev–Trinajstić information content (AvgIpc) is 1.82. The van der Waals surface area contributed by atoms with Gasteiger partial charge in [0, 0.05) is 3.58 Å². The zero-order chi connectivity index (χ0) is 6.20. The molecule has 0 aliphatic carbocycles. The van der Waals surface area contributed by atoms with E-state index in [4.69, 9.17) is 0 Å². The van der Waals surface area contributed by atoms with Crippen molar-refractivity contribution < 1.29 is 12.6 Å². The lowest BCUT2D eigenvalue weighted by Gasteiger charge is -1.84. The fraction of sp³-hybridized carbons (Fsp3) is 0.333. The van der Waals surface area contributed by atoms with Gasteiger partial charge in [-0.25, -0.2) is 0 Å². The number of hydrogen-bond acceptors (Lipinski definition) is 3. The van der Waals surface area contributed by atoms with Gasteiger partial charge in [0.1, 0.15) is 0 Å². The van der Waals surface area contributed by atoms with Crippen LogP contribution in [0.1, 0.15) is 0 Å². The van der Waals surface area contributed by atoms with E-state index in [0.29, 0.717) is 0 Å². The van der Waals surface area contributed by atoms with Gasteiger partial charge in [0.05, 0.1) is 12.0 Å². The summed E-state index contributed by atoms with van der Waals surface area (Å²) in [4.78, 5) is 0. The Kier molecular flexibility index (Phi) is 1.59. The molecule has 0 aromatic carbocycles. The third-order valence-electron chi connectivity index (χ3n) is 0.633. The monoisotopic (exact) mass is 246 g/mol. The minimum absolute atomic E-state index is 0.211. The van der Waals surface area contributed by atoms with Crippen LogP contribution in [0.2, 0.25) is 0 Å². The van der Waals surface area contributed by atoms with E-state index in [9.17, 15) is 8.42 Å². The maximum atomic E-state index is 10.3. The van der Waals surface area contributed by atoms with Crippen LogP contribution in [0.25, 0.3) is 0 Å². The summed E-state index contributed by atoms with van der Waals surface area (Å²) < 4.78 is 25.7. The zero-order valence-electron chi connectivity index (χ0n) is 3.80. The van der Waals surface area contributed by atoms with Crippen LogP contribution < -0.4 is 0 Å². The van der Waals surface area contributed by atoms with Gasteiger partial charge < -0.3 is 0 Å². The second kappa shape index (κ2) is 1.96. The predicted molar refractivity (Wildman–Crippen MR) is 37.0 cm³/mol. The molecule has 1 rings (SSSR count). The molecule has 0 unspecified atom stereocenters. The molecular formula is C3H3IO3S. The van der Waals surface area contributed by atoms with Gasteiger partial charge in [-0.05, 0) is 22.6 Å². The van der Waals surface area contributed by atoms with Crippen molar-refractivity contribution in [2.24, 2.45) is 0 Å². The maximum absolute atomic E-state index is 10.3. The molecule has 46 valence electrons. The van der Waals surface area contributed by atoms with Crippen molar-refractivity contribution >= 4 is 32.7 Å². The first-order chi connectivity index (χ1) is 3.60. The van der Waals surface area contributed by atoms with E-state index in [0.717, 1.165) is 8.99 Å². The van der Waals surface area contributed by atoms with Gasteiger partial charge in [0.15, 0.2) is 0 Å². The molecule has 0 radical (unpaired) electrons. The minimum atomic E-state index is -3.27. The lowest BCUT2D eigenvalue weighted by atomic mass is 10.7. The van der Waals surface area contributed by atoms with Crippen LogP contribution >= 0.6 is 22.6 Å². The summed E-state index contributed by atoms with van der Waals surface area (Å²) in [5, 5.41) is 1.12. The Bertz CT molecular complexity index is 215. The largest absolute Gasteiger partial charge is 0.291 e. The summed E-state index contributed by atoms with van der Waals surface area (Å²) in [5.41, 5.74) is 0. The molecule has 3 nitrogen and oxygen atoms in total. The topological polar surface area (TPSA) is 43.4 Å². The standard InChI is InChI=1S/C3H3IO3S/c4-3-1-7-8(5,6)2-3/h2H,1H2. The Morgan fingerprint density at radius 3 is 2.50 bits per heavy atom. The molecule has 1 heterocycles. The Hall–Kier alpha value is 0.380. The summed E-state index contributed by atoms with van der Waals surface area (Å²) >= 11 is 1.91. The van der Waals surface area contributed by atoms with Crippen molar-refractivity contribution in [1.82, 2.24) is 0 Å². The van der Waals surface area contributed by atoms with Crippen LogP contribution in [0.5, 0.6) is 0 Å². The van der Waals surface area contributed by atoms with Crippen molar-refractivity contribution in [3.05, 3.63) is 8.99 Å². The second-order valence-corrected chi connectivity index (χ2v) is 4.16. The van der Waals surface area contributed by atoms with Crippen molar-refractivity contribution in [3.8, 4) is 0 Å². The molecule has 0 aromatic heterocycles. The molecule has 0 atom stereocenters. The van der Waals surface area contributed by atoms with Gasteiger partial charge >= 0.3 is 0 Å². The van der Waals surface area contributed by atoms with E-state index in [1.165, 1.54) is 0 Å². The first-order valence-electron chi connectivity index (χ1n) is 1.86. The highest BCUT2D eigenvalue weighted by atomic mass is 127. The van der Waals surface area contributed by atoms with Gasteiger partial charge in [-0.1, -0.05) is 0 Å². The molecule has 0 amide bonds. The molecule has 0 spiro atoms. The molecule has 0 saturated carbocycles. The van der Waals surface area contributed by atoms with Gasteiger partial charge in [-0.3, -0.25) is 4.18 Å². The van der Waals surface area contributed by atoms with E-state index < -0.39 is 10.1 Å². The fourth-order valence-electron chi connectivity index (χ4n) is 0.363. The van der Waals surface area contributed by atoms with Gasteiger partial charge in [0.25, 0.3) is 10.1 Å². The summed E-state index contributed by atoms with van der Waals surface area (Å²) in [5.74, 6) is 0. The normalized spacial score (nSPS) is 25.4. The summed E-state index contributed by atoms with van der Waals surface area (Å²) in [6.45, 7) is 0.211. The minimum Gasteiger partial charge on any atom is -0.261 e. The lowest BCUT2D eigenvalue weighted by molar-refractivity contribution is 0.374. The van der Waals surface area contributed by atoms with Crippen LogP contribution in [0.4, 0.5) is 0 Å². The Balaban J connectivity index is 3.00. The molecule has 0 saturated heterocycles. The predicted octanol–water partition coefficient (Wildman–Crippen LogP) is 0.623. The van der Waals surface area contributed by atoms with E-state index in [-0.39, 0.29) is 6.61 Å². The van der Waals surface area contributed by atoms with E-state index >= 15 is 0 Å². The fourth-order valence-corrected chi connectivity index (χ4v) is 2.40. The first-order valence-corrected chi connectivity index (χ1v) is 4.41. The third-order valence-corrected chi connectivity index (χ3v) is 2.70. The van der Waals surface area contributed by atoms with Crippen LogP contribution in [-0.2, 0) is 14.3 Å². The maximum Gasteiger partial charge on any atom is 0.291 e. The molecule has 0 N–H and O–H groups in total. The molecule has 0 fully saturated rings. The highest BCUT2D eigenvalue weighted by molar-refractivity contribution is 14.1. The third kappa shape index (κ3) is 1.43. The molecular weight excluding hydrogens is 243 g/mol. The zero-order valence-corrected chi connectivity index (χ0v) is 6.77. The van der Waals surface area contributed by atoms with Crippen LogP contribution in [0.3, 0.4) is 0 Å². The van der Waals surface area contributed by atoms with Crippen molar-refractivity contribution in [3.63, 3.8) is 0 Å². The summed E-state index contributed by atoms with van der Waals surface area (Å²) in [6.07, 6.45) is 0. The van der Waals surface area contributed by atoms with E-state index in [1.54, 1.807) is 0 Å². The molecule has 0 aromatic rings. The quantitative estimate of drug-likeness (QED) is 0.465. The van der Waals surface area contributed by atoms with E-state index in [2.05, 4.69) is 4.18 Å². The number of halogens is 1. The smallest absolute Gasteiger partial charge is 0.261 e. The second-order valence-electron chi connectivity index (χ2n) is 1.32. The molecule has 1 aliphatic rings. The Morgan fingerprint density at radius 1 is 1.75 bits per heavy atom. The Labute approximate surface area is 61.0 Å². The highest BCUT2D eigenvalue weighted by Crippen LogP contribution is 2.17. The summed E-state index contributed by atoms with van der Waals surface area (Å²) in [6, 6.07) is 0. The van der Waals surface area contributed by atoms with Crippen LogP contribution in [-0.4, -0.2) is 15.0 Å². The van der Waals surface area contributed by atoms with E-state index in [1.807, 2.05) is 22.6 Å². The average molecular weight is 246 g/mol. The number of hydrogen-bond donors (Lipinski definition) is 0. The SMILES string of the molecule is O=S1(=O)C=C(I)CO1.